The summed E-state index contributed by atoms with van der Waals surface area (Å²) in [6.07, 6.45) is 8.11. The van der Waals surface area contributed by atoms with Gasteiger partial charge in [0.05, 0.1) is 18.1 Å². The van der Waals surface area contributed by atoms with Gasteiger partial charge in [-0.05, 0) is 37.1 Å². The number of nitrogens with zero attached hydrogens (tertiary/aromatic N) is 3. The van der Waals surface area contributed by atoms with Crippen LogP contribution in [0.25, 0.3) is 5.69 Å². The monoisotopic (exact) mass is 330 g/mol. The lowest BCUT2D eigenvalue weighted by Gasteiger charge is -2.06. The summed E-state index contributed by atoms with van der Waals surface area (Å²) in [6, 6.07) is 7.18. The molecule has 0 spiro atoms. The van der Waals surface area contributed by atoms with Gasteiger partial charge in [-0.25, -0.2) is 4.68 Å². The zero-order valence-corrected chi connectivity index (χ0v) is 13.5. The largest absolute Gasteiger partial charge is 0.481 e. The van der Waals surface area contributed by atoms with Crippen LogP contribution in [0.2, 0.25) is 0 Å². The number of carbonyl (C=O) groups is 2. The standard InChI is InChI=1S/C17H22N4O3/c22-16(23)6-4-2-1-3-5-11-18-17(24)14-7-9-15(10-8-14)21-13-12-19-20-21/h7-10,12-13H,1-6,11H2,(H,18,24)(H,22,23). The number of carbonyl (C=O) groups excluding carboxylic acids is 1. The van der Waals surface area contributed by atoms with Crippen molar-refractivity contribution in [3.63, 3.8) is 0 Å². The van der Waals surface area contributed by atoms with Crippen molar-refractivity contribution in [3.8, 4) is 5.69 Å². The Morgan fingerprint density at radius 2 is 1.75 bits per heavy atom. The van der Waals surface area contributed by atoms with E-state index in [0.717, 1.165) is 37.8 Å². The fraction of sp³-hybridized carbons (Fsp3) is 0.412. The van der Waals surface area contributed by atoms with Gasteiger partial charge in [0.2, 0.25) is 0 Å². The maximum absolute atomic E-state index is 12.0. The first-order valence-electron chi connectivity index (χ1n) is 8.13. The van der Waals surface area contributed by atoms with Crippen molar-refractivity contribution in [1.29, 1.82) is 0 Å². The molecule has 0 aliphatic heterocycles. The minimum Gasteiger partial charge on any atom is -0.481 e. The molecule has 1 heterocycles. The van der Waals surface area contributed by atoms with Crippen LogP contribution in [0.3, 0.4) is 0 Å². The highest BCUT2D eigenvalue weighted by Gasteiger charge is 2.05. The average molecular weight is 330 g/mol. The molecule has 2 N–H and O–H groups in total. The topological polar surface area (TPSA) is 97.1 Å². The number of carboxylic acid groups (broad SMARTS) is 1. The fourth-order valence-electron chi connectivity index (χ4n) is 2.35. The third kappa shape index (κ3) is 5.83. The van der Waals surface area contributed by atoms with Gasteiger partial charge in [0, 0.05) is 18.5 Å². The molecular weight excluding hydrogens is 308 g/mol. The summed E-state index contributed by atoms with van der Waals surface area (Å²) in [6.45, 7) is 0.628. The number of hydrogen-bond acceptors (Lipinski definition) is 4. The quantitative estimate of drug-likeness (QED) is 0.652. The van der Waals surface area contributed by atoms with Crippen LogP contribution in [0.5, 0.6) is 0 Å². The second-order valence-electron chi connectivity index (χ2n) is 5.56. The molecule has 1 aromatic carbocycles. The van der Waals surface area contributed by atoms with Crippen LogP contribution in [0.4, 0.5) is 0 Å². The first-order valence-corrected chi connectivity index (χ1v) is 8.13. The minimum absolute atomic E-state index is 0.0917. The molecule has 0 saturated heterocycles. The lowest BCUT2D eigenvalue weighted by atomic mass is 10.1. The van der Waals surface area contributed by atoms with Crippen molar-refractivity contribution >= 4 is 11.9 Å². The summed E-state index contributed by atoms with van der Waals surface area (Å²) in [7, 11) is 0. The highest BCUT2D eigenvalue weighted by Crippen LogP contribution is 2.08. The van der Waals surface area contributed by atoms with E-state index in [4.69, 9.17) is 5.11 Å². The number of carboxylic acids is 1. The number of aromatic nitrogens is 3. The lowest BCUT2D eigenvalue weighted by Crippen LogP contribution is -2.24. The van der Waals surface area contributed by atoms with Gasteiger partial charge in [-0.3, -0.25) is 9.59 Å². The Morgan fingerprint density at radius 3 is 2.42 bits per heavy atom. The van der Waals surface area contributed by atoms with Gasteiger partial charge in [0.25, 0.3) is 5.91 Å². The Bertz CT molecular complexity index is 638. The molecule has 2 rings (SSSR count). The maximum Gasteiger partial charge on any atom is 0.303 e. The molecule has 7 heteroatoms. The fourth-order valence-corrected chi connectivity index (χ4v) is 2.35. The van der Waals surface area contributed by atoms with E-state index in [1.54, 1.807) is 29.2 Å². The van der Waals surface area contributed by atoms with E-state index in [0.29, 0.717) is 12.1 Å². The molecule has 0 bridgehead atoms. The number of benzene rings is 1. The third-order valence-corrected chi connectivity index (χ3v) is 3.67. The molecule has 1 aromatic heterocycles. The number of unbranched alkanes of at least 4 members (excludes halogenated alkanes) is 4. The van der Waals surface area contributed by atoms with Crippen LogP contribution in [-0.4, -0.2) is 38.5 Å². The lowest BCUT2D eigenvalue weighted by molar-refractivity contribution is -0.137. The van der Waals surface area contributed by atoms with Crippen molar-refractivity contribution < 1.29 is 14.7 Å². The first-order chi connectivity index (χ1) is 11.7. The number of nitrogens with one attached hydrogen (secondary N) is 1. The molecule has 128 valence electrons. The van der Waals surface area contributed by atoms with Gasteiger partial charge in [0.1, 0.15) is 0 Å². The van der Waals surface area contributed by atoms with Crippen LogP contribution < -0.4 is 5.32 Å². The SMILES string of the molecule is O=C(O)CCCCCCCNC(=O)c1ccc(-n2ccnn2)cc1. The Hall–Kier alpha value is -2.70. The summed E-state index contributed by atoms with van der Waals surface area (Å²) in [5.74, 6) is -0.830. The zero-order valence-electron chi connectivity index (χ0n) is 13.5. The van der Waals surface area contributed by atoms with Gasteiger partial charge in [-0.2, -0.15) is 0 Å². The van der Waals surface area contributed by atoms with Gasteiger partial charge in [-0.15, -0.1) is 5.10 Å². The average Bonchev–Trinajstić information content (AvgIpc) is 3.11. The minimum atomic E-state index is -0.739. The molecule has 0 fully saturated rings. The Morgan fingerprint density at radius 1 is 1.04 bits per heavy atom. The number of hydrogen-bond donors (Lipinski definition) is 2. The van der Waals surface area contributed by atoms with Crippen LogP contribution in [0.15, 0.2) is 36.7 Å². The smallest absolute Gasteiger partial charge is 0.303 e. The molecule has 7 nitrogen and oxygen atoms in total. The molecule has 2 aromatic rings. The molecule has 24 heavy (non-hydrogen) atoms. The molecule has 0 saturated carbocycles. The van der Waals surface area contributed by atoms with Crippen LogP contribution in [-0.2, 0) is 4.79 Å². The number of amides is 1. The van der Waals surface area contributed by atoms with E-state index in [2.05, 4.69) is 15.6 Å². The van der Waals surface area contributed by atoms with E-state index in [1.807, 2.05) is 12.1 Å². The van der Waals surface area contributed by atoms with Gasteiger partial charge < -0.3 is 10.4 Å². The van der Waals surface area contributed by atoms with Gasteiger partial charge >= 0.3 is 5.97 Å². The van der Waals surface area contributed by atoms with E-state index < -0.39 is 5.97 Å². The van der Waals surface area contributed by atoms with Crippen molar-refractivity contribution in [3.05, 3.63) is 42.2 Å². The Balaban J connectivity index is 1.63. The normalized spacial score (nSPS) is 10.5. The van der Waals surface area contributed by atoms with Crippen molar-refractivity contribution in [2.24, 2.45) is 0 Å². The zero-order chi connectivity index (χ0) is 17.2. The molecule has 0 unspecified atom stereocenters. The summed E-state index contributed by atoms with van der Waals surface area (Å²) < 4.78 is 1.63. The molecular formula is C17H22N4O3. The van der Waals surface area contributed by atoms with E-state index in [1.165, 1.54) is 0 Å². The van der Waals surface area contributed by atoms with E-state index in [-0.39, 0.29) is 12.3 Å². The summed E-state index contributed by atoms with van der Waals surface area (Å²) in [5, 5.41) is 19.1. The third-order valence-electron chi connectivity index (χ3n) is 3.67. The highest BCUT2D eigenvalue weighted by atomic mass is 16.4. The first kappa shape index (κ1) is 17.7. The summed E-state index contributed by atoms with van der Waals surface area (Å²) >= 11 is 0. The summed E-state index contributed by atoms with van der Waals surface area (Å²) in [5.41, 5.74) is 1.46. The highest BCUT2D eigenvalue weighted by molar-refractivity contribution is 5.94. The molecule has 0 atom stereocenters. The van der Waals surface area contributed by atoms with Gasteiger partial charge in [-0.1, -0.05) is 24.5 Å². The van der Waals surface area contributed by atoms with Crippen LogP contribution in [0.1, 0.15) is 48.9 Å². The van der Waals surface area contributed by atoms with E-state index >= 15 is 0 Å². The predicted octanol–water partition coefficient (Wildman–Crippen LogP) is 2.42. The number of aliphatic carboxylic acids is 1. The molecule has 0 aliphatic carbocycles. The van der Waals surface area contributed by atoms with Crippen LogP contribution in [0, 0.1) is 0 Å². The second-order valence-corrected chi connectivity index (χ2v) is 5.56. The molecule has 0 aliphatic rings. The Kier molecular flexibility index (Phi) is 6.94. The van der Waals surface area contributed by atoms with E-state index in [9.17, 15) is 9.59 Å². The van der Waals surface area contributed by atoms with Gasteiger partial charge in [0.15, 0.2) is 0 Å². The molecule has 0 radical (unpaired) electrons. The predicted molar refractivity (Wildman–Crippen MR) is 89.0 cm³/mol. The summed E-state index contributed by atoms with van der Waals surface area (Å²) in [4.78, 5) is 22.4. The van der Waals surface area contributed by atoms with Crippen molar-refractivity contribution in [2.75, 3.05) is 6.54 Å². The van der Waals surface area contributed by atoms with Crippen LogP contribution >= 0.6 is 0 Å². The molecule has 1 amide bonds. The number of rotatable bonds is 10. The van der Waals surface area contributed by atoms with Crippen molar-refractivity contribution in [2.45, 2.75) is 38.5 Å². The Labute approximate surface area is 140 Å². The second kappa shape index (κ2) is 9.44. The van der Waals surface area contributed by atoms with Crippen molar-refractivity contribution in [1.82, 2.24) is 20.3 Å². The maximum atomic E-state index is 12.0.